The first-order chi connectivity index (χ1) is 7.15. The number of hydrogen-bond acceptors (Lipinski definition) is 2. The predicted octanol–water partition coefficient (Wildman–Crippen LogP) is 2.48. The van der Waals surface area contributed by atoms with Crippen LogP contribution in [0.1, 0.15) is 24.0 Å². The molecule has 2 rings (SSSR count). The Morgan fingerprint density at radius 1 is 1.53 bits per heavy atom. The molecule has 0 saturated carbocycles. The first-order valence-electron chi connectivity index (χ1n) is 5.22. The minimum Gasteiger partial charge on any atom is -0.382 e. The van der Waals surface area contributed by atoms with E-state index in [9.17, 15) is 0 Å². The largest absolute Gasteiger partial charge is 0.382 e. The minimum absolute atomic E-state index is 0.354. The summed E-state index contributed by atoms with van der Waals surface area (Å²) in [5.74, 6) is 0. The molecule has 15 heavy (non-hydrogen) atoms. The monoisotopic (exact) mass is 225 g/mol. The Balaban J connectivity index is 2.44. The van der Waals surface area contributed by atoms with Crippen molar-refractivity contribution in [3.05, 3.63) is 34.3 Å². The van der Waals surface area contributed by atoms with Crippen molar-refractivity contribution in [3.63, 3.8) is 0 Å². The maximum absolute atomic E-state index is 6.37. The quantitative estimate of drug-likeness (QED) is 0.840. The molecule has 1 aliphatic rings. The summed E-state index contributed by atoms with van der Waals surface area (Å²) in [5.41, 5.74) is 8.48. The van der Waals surface area contributed by atoms with Crippen LogP contribution in [0.2, 0.25) is 5.02 Å². The first kappa shape index (κ1) is 10.9. The lowest BCUT2D eigenvalue weighted by molar-refractivity contribution is 0.121. The van der Waals surface area contributed by atoms with Crippen LogP contribution in [-0.4, -0.2) is 13.7 Å². The van der Waals surface area contributed by atoms with E-state index in [1.165, 1.54) is 5.56 Å². The average molecular weight is 226 g/mol. The maximum atomic E-state index is 6.37. The third kappa shape index (κ3) is 2.03. The van der Waals surface area contributed by atoms with Crippen molar-refractivity contribution in [3.8, 4) is 0 Å². The molecule has 1 unspecified atom stereocenters. The third-order valence-corrected chi connectivity index (χ3v) is 3.31. The Morgan fingerprint density at radius 3 is 3.07 bits per heavy atom. The number of fused-ring (bicyclic) bond motifs is 1. The van der Waals surface area contributed by atoms with Crippen molar-refractivity contribution in [2.45, 2.75) is 24.8 Å². The van der Waals surface area contributed by atoms with Gasteiger partial charge in [-0.2, -0.15) is 0 Å². The second-order valence-corrected chi connectivity index (χ2v) is 4.68. The third-order valence-electron chi connectivity index (χ3n) is 3.08. The molecule has 1 aliphatic carbocycles. The van der Waals surface area contributed by atoms with Crippen LogP contribution >= 0.6 is 11.6 Å². The van der Waals surface area contributed by atoms with E-state index in [0.717, 1.165) is 29.8 Å². The Morgan fingerprint density at radius 2 is 2.33 bits per heavy atom. The summed E-state index contributed by atoms with van der Waals surface area (Å²) in [7, 11) is 1.69. The van der Waals surface area contributed by atoms with Gasteiger partial charge in [-0.15, -0.1) is 0 Å². The predicted molar refractivity (Wildman–Crippen MR) is 62.1 cm³/mol. The van der Waals surface area contributed by atoms with Gasteiger partial charge in [-0.3, -0.25) is 0 Å². The van der Waals surface area contributed by atoms with Crippen LogP contribution in [0, 0.1) is 0 Å². The van der Waals surface area contributed by atoms with E-state index in [1.54, 1.807) is 7.11 Å². The van der Waals surface area contributed by atoms with Gasteiger partial charge in [0, 0.05) is 12.1 Å². The summed E-state index contributed by atoms with van der Waals surface area (Å²) in [4.78, 5) is 0. The molecular weight excluding hydrogens is 210 g/mol. The van der Waals surface area contributed by atoms with Crippen molar-refractivity contribution in [1.29, 1.82) is 0 Å². The van der Waals surface area contributed by atoms with Gasteiger partial charge in [0.15, 0.2) is 0 Å². The summed E-state index contributed by atoms with van der Waals surface area (Å²) in [6.07, 6.45) is 3.18. The Hall–Kier alpha value is -0.570. The van der Waals surface area contributed by atoms with Gasteiger partial charge in [-0.25, -0.2) is 0 Å². The highest BCUT2D eigenvalue weighted by molar-refractivity contribution is 6.30. The van der Waals surface area contributed by atoms with E-state index in [4.69, 9.17) is 22.1 Å². The van der Waals surface area contributed by atoms with Crippen LogP contribution in [0.3, 0.4) is 0 Å². The molecule has 0 saturated heterocycles. The number of nitrogens with two attached hydrogens (primary N) is 1. The Labute approximate surface area is 95.4 Å². The van der Waals surface area contributed by atoms with Crippen LogP contribution in [0.5, 0.6) is 0 Å². The number of rotatable bonds is 2. The highest BCUT2D eigenvalue weighted by Gasteiger charge is 2.32. The van der Waals surface area contributed by atoms with Crippen molar-refractivity contribution >= 4 is 11.6 Å². The zero-order valence-electron chi connectivity index (χ0n) is 8.92. The van der Waals surface area contributed by atoms with Crippen molar-refractivity contribution in [1.82, 2.24) is 0 Å². The van der Waals surface area contributed by atoms with Gasteiger partial charge in [0.2, 0.25) is 0 Å². The zero-order valence-corrected chi connectivity index (χ0v) is 9.68. The molecule has 1 aromatic rings. The number of aryl methyl sites for hydroxylation is 1. The van der Waals surface area contributed by atoms with Gasteiger partial charge in [0.25, 0.3) is 0 Å². The molecule has 0 aliphatic heterocycles. The molecule has 1 aromatic carbocycles. The van der Waals surface area contributed by atoms with Crippen LogP contribution in [0.25, 0.3) is 0 Å². The lowest BCUT2D eigenvalue weighted by Gasteiger charge is -2.35. The number of methoxy groups -OCH3 is 1. The lowest BCUT2D eigenvalue weighted by atomic mass is 9.78. The molecule has 0 bridgehead atoms. The van der Waals surface area contributed by atoms with Gasteiger partial charge < -0.3 is 10.5 Å². The van der Waals surface area contributed by atoms with E-state index in [0.29, 0.717) is 6.61 Å². The zero-order chi connectivity index (χ0) is 10.9. The van der Waals surface area contributed by atoms with E-state index < -0.39 is 0 Å². The summed E-state index contributed by atoms with van der Waals surface area (Å²) in [6, 6.07) is 5.99. The van der Waals surface area contributed by atoms with Gasteiger partial charge in [0.1, 0.15) is 0 Å². The summed E-state index contributed by atoms with van der Waals surface area (Å²) in [5, 5.41) is 0.751. The van der Waals surface area contributed by atoms with E-state index in [2.05, 4.69) is 6.07 Å². The van der Waals surface area contributed by atoms with Gasteiger partial charge in [0.05, 0.1) is 12.1 Å². The standard InChI is InChI=1S/C12H16ClNO/c1-15-8-12(14)6-2-3-9-4-5-10(13)7-11(9)12/h4-5,7H,2-3,6,8,14H2,1H3. The average Bonchev–Trinajstić information content (AvgIpc) is 2.20. The van der Waals surface area contributed by atoms with Crippen molar-refractivity contribution in [2.75, 3.05) is 13.7 Å². The molecule has 2 nitrogen and oxygen atoms in total. The van der Waals surface area contributed by atoms with Gasteiger partial charge in [-0.1, -0.05) is 17.7 Å². The smallest absolute Gasteiger partial charge is 0.0684 e. The first-order valence-corrected chi connectivity index (χ1v) is 5.60. The molecule has 0 radical (unpaired) electrons. The molecule has 3 heteroatoms. The molecule has 0 amide bonds. The topological polar surface area (TPSA) is 35.2 Å². The van der Waals surface area contributed by atoms with E-state index in [1.807, 2.05) is 12.1 Å². The van der Waals surface area contributed by atoms with E-state index in [-0.39, 0.29) is 5.54 Å². The molecule has 82 valence electrons. The SMILES string of the molecule is COCC1(N)CCCc2ccc(Cl)cc21. The summed E-state index contributed by atoms with van der Waals surface area (Å²) < 4.78 is 5.21. The number of ether oxygens (including phenoxy) is 1. The molecular formula is C12H16ClNO. The number of hydrogen-bond donors (Lipinski definition) is 1. The van der Waals surface area contributed by atoms with Crippen LogP contribution in [0.4, 0.5) is 0 Å². The van der Waals surface area contributed by atoms with E-state index >= 15 is 0 Å². The molecule has 0 aromatic heterocycles. The molecule has 1 atom stereocenters. The van der Waals surface area contributed by atoms with Crippen molar-refractivity contribution < 1.29 is 4.74 Å². The Kier molecular flexibility index (Phi) is 3.01. The minimum atomic E-state index is -0.354. The van der Waals surface area contributed by atoms with Gasteiger partial charge >= 0.3 is 0 Å². The number of halogens is 1. The van der Waals surface area contributed by atoms with Crippen LogP contribution < -0.4 is 5.73 Å². The molecule has 2 N–H and O–H groups in total. The van der Waals surface area contributed by atoms with Crippen LogP contribution in [-0.2, 0) is 16.7 Å². The second kappa shape index (κ2) is 4.12. The maximum Gasteiger partial charge on any atom is 0.0684 e. The van der Waals surface area contributed by atoms with Gasteiger partial charge in [-0.05, 0) is 42.5 Å². The highest BCUT2D eigenvalue weighted by atomic mass is 35.5. The van der Waals surface area contributed by atoms with Crippen LogP contribution in [0.15, 0.2) is 18.2 Å². The number of benzene rings is 1. The second-order valence-electron chi connectivity index (χ2n) is 4.24. The highest BCUT2D eigenvalue weighted by Crippen LogP contribution is 2.35. The fourth-order valence-corrected chi connectivity index (χ4v) is 2.54. The summed E-state index contributed by atoms with van der Waals surface area (Å²) in [6.45, 7) is 0.556. The normalized spacial score (nSPS) is 25.0. The fourth-order valence-electron chi connectivity index (χ4n) is 2.37. The Bertz CT molecular complexity index is 367. The molecule has 0 spiro atoms. The fraction of sp³-hybridized carbons (Fsp3) is 0.500. The molecule has 0 heterocycles. The molecule has 0 fully saturated rings. The van der Waals surface area contributed by atoms with Crippen molar-refractivity contribution in [2.24, 2.45) is 5.73 Å². The summed E-state index contributed by atoms with van der Waals surface area (Å²) >= 11 is 6.01. The lowest BCUT2D eigenvalue weighted by Crippen LogP contribution is -2.44.